The van der Waals surface area contributed by atoms with Crippen molar-refractivity contribution in [3.8, 4) is 11.1 Å². The van der Waals surface area contributed by atoms with Crippen molar-refractivity contribution >= 4 is 12.4 Å². The number of hydrogen-bond acceptors (Lipinski definition) is 3. The van der Waals surface area contributed by atoms with Crippen molar-refractivity contribution in [3.05, 3.63) is 54.4 Å². The van der Waals surface area contributed by atoms with Gasteiger partial charge in [0, 0.05) is 50.7 Å². The topological polar surface area (TPSA) is 19.4 Å². The van der Waals surface area contributed by atoms with Crippen LogP contribution in [0.15, 0.2) is 48.8 Å². The third-order valence-electron chi connectivity index (χ3n) is 4.04. The second-order valence-corrected chi connectivity index (χ2v) is 5.68. The maximum absolute atomic E-state index is 12.6. The van der Waals surface area contributed by atoms with Gasteiger partial charge < -0.3 is 0 Å². The summed E-state index contributed by atoms with van der Waals surface area (Å²) in [6.07, 6.45) is -0.635. The van der Waals surface area contributed by atoms with E-state index in [0.717, 1.165) is 16.7 Å². The first kappa shape index (κ1) is 18.7. The van der Waals surface area contributed by atoms with Crippen LogP contribution in [-0.4, -0.2) is 47.3 Å². The number of benzene rings is 1. The lowest BCUT2D eigenvalue weighted by Crippen LogP contribution is -2.51. The van der Waals surface area contributed by atoms with E-state index in [1.165, 1.54) is 0 Å². The summed E-state index contributed by atoms with van der Waals surface area (Å²) in [7, 11) is 0. The molecule has 0 bridgehead atoms. The third-order valence-corrected chi connectivity index (χ3v) is 4.04. The lowest BCUT2D eigenvalue weighted by molar-refractivity contribution is -0.252. The number of hydrogen-bond donors (Lipinski definition) is 0. The van der Waals surface area contributed by atoms with Crippen LogP contribution in [0.3, 0.4) is 0 Å². The van der Waals surface area contributed by atoms with Crippen LogP contribution in [0.4, 0.5) is 13.2 Å². The molecule has 0 amide bonds. The third kappa shape index (κ3) is 4.69. The highest BCUT2D eigenvalue weighted by Crippen LogP contribution is 2.23. The molecule has 2 aromatic rings. The van der Waals surface area contributed by atoms with Gasteiger partial charge in [0.15, 0.2) is 0 Å². The zero-order chi connectivity index (χ0) is 16.3. The summed E-state index contributed by atoms with van der Waals surface area (Å²) in [4.78, 5) is 6.87. The van der Waals surface area contributed by atoms with Gasteiger partial charge in [-0.05, 0) is 17.2 Å². The van der Waals surface area contributed by atoms with Gasteiger partial charge in [-0.2, -0.15) is 13.2 Å². The quantitative estimate of drug-likeness (QED) is 0.779. The molecule has 0 saturated carbocycles. The highest BCUT2D eigenvalue weighted by molar-refractivity contribution is 5.85. The molecule has 0 aliphatic carbocycles. The summed E-state index contributed by atoms with van der Waals surface area (Å²) in [5.41, 5.74) is 3.13. The largest absolute Gasteiger partial charge is 0.460 e. The second-order valence-electron chi connectivity index (χ2n) is 5.68. The maximum atomic E-state index is 12.6. The summed E-state index contributed by atoms with van der Waals surface area (Å²) in [5.74, 6) is 0. The van der Waals surface area contributed by atoms with Crippen LogP contribution in [0, 0.1) is 0 Å². The van der Waals surface area contributed by atoms with Gasteiger partial charge in [-0.3, -0.25) is 9.88 Å². The number of rotatable bonds is 3. The molecule has 1 aliphatic rings. The molecular formula is C17H19ClF3N3. The second kappa shape index (κ2) is 7.96. The first-order valence-electron chi connectivity index (χ1n) is 7.56. The molecular weight excluding hydrogens is 339 g/mol. The molecule has 3 rings (SSSR count). The van der Waals surface area contributed by atoms with E-state index in [4.69, 9.17) is 0 Å². The van der Waals surface area contributed by atoms with E-state index in [-0.39, 0.29) is 25.5 Å². The molecule has 0 spiro atoms. The van der Waals surface area contributed by atoms with Crippen molar-refractivity contribution in [1.29, 1.82) is 0 Å². The van der Waals surface area contributed by atoms with Crippen molar-refractivity contribution in [1.82, 2.24) is 14.8 Å². The van der Waals surface area contributed by atoms with Crippen LogP contribution in [-0.2, 0) is 6.54 Å². The van der Waals surface area contributed by atoms with E-state index in [0.29, 0.717) is 24.5 Å². The number of piperazine rings is 1. The smallest absolute Gasteiger partial charge is 0.296 e. The summed E-state index contributed by atoms with van der Waals surface area (Å²) < 4.78 is 37.9. The molecule has 24 heavy (non-hydrogen) atoms. The van der Waals surface area contributed by atoms with Gasteiger partial charge >= 0.3 is 6.30 Å². The highest BCUT2D eigenvalue weighted by Gasteiger charge is 2.38. The monoisotopic (exact) mass is 357 g/mol. The van der Waals surface area contributed by atoms with Crippen LogP contribution >= 0.6 is 12.4 Å². The van der Waals surface area contributed by atoms with Gasteiger partial charge in [0.2, 0.25) is 0 Å². The number of halogens is 4. The van der Waals surface area contributed by atoms with E-state index < -0.39 is 6.30 Å². The number of pyridine rings is 1. The van der Waals surface area contributed by atoms with Crippen molar-refractivity contribution in [2.75, 3.05) is 26.2 Å². The Morgan fingerprint density at radius 1 is 0.917 bits per heavy atom. The highest BCUT2D eigenvalue weighted by atomic mass is 35.5. The van der Waals surface area contributed by atoms with Gasteiger partial charge in [0.05, 0.1) is 0 Å². The van der Waals surface area contributed by atoms with Gasteiger partial charge in [-0.15, -0.1) is 12.4 Å². The van der Waals surface area contributed by atoms with Crippen molar-refractivity contribution in [3.63, 3.8) is 0 Å². The molecule has 7 heteroatoms. The Bertz CT molecular complexity index is 641. The van der Waals surface area contributed by atoms with Crippen LogP contribution in [0.5, 0.6) is 0 Å². The van der Waals surface area contributed by atoms with E-state index in [1.54, 1.807) is 12.4 Å². The van der Waals surface area contributed by atoms with Crippen LogP contribution in [0.2, 0.25) is 0 Å². The Labute approximate surface area is 145 Å². The zero-order valence-corrected chi connectivity index (χ0v) is 13.9. The molecule has 1 fully saturated rings. The number of alkyl halides is 3. The normalized spacial score (nSPS) is 16.6. The molecule has 0 radical (unpaired) electrons. The fraction of sp³-hybridized carbons (Fsp3) is 0.353. The zero-order valence-electron chi connectivity index (χ0n) is 13.0. The Kier molecular flexibility index (Phi) is 6.21. The molecule has 0 atom stereocenters. The minimum atomic E-state index is -4.22. The first-order chi connectivity index (χ1) is 11.0. The Morgan fingerprint density at radius 2 is 1.58 bits per heavy atom. The fourth-order valence-electron chi connectivity index (χ4n) is 2.78. The molecule has 1 saturated heterocycles. The summed E-state index contributed by atoms with van der Waals surface area (Å²) in [6, 6.07) is 12.0. The van der Waals surface area contributed by atoms with Crippen molar-refractivity contribution in [2.24, 2.45) is 0 Å². The minimum absolute atomic E-state index is 0. The van der Waals surface area contributed by atoms with E-state index >= 15 is 0 Å². The molecule has 1 aromatic heterocycles. The number of nitrogens with zero attached hydrogens (tertiary/aromatic N) is 3. The fourth-order valence-corrected chi connectivity index (χ4v) is 2.78. The predicted molar refractivity (Wildman–Crippen MR) is 89.8 cm³/mol. The lowest BCUT2D eigenvalue weighted by atomic mass is 10.1. The predicted octanol–water partition coefficient (Wildman–Crippen LogP) is 3.81. The molecule has 1 aromatic carbocycles. The Morgan fingerprint density at radius 3 is 2.21 bits per heavy atom. The van der Waals surface area contributed by atoms with Gasteiger partial charge in [0.1, 0.15) is 0 Å². The van der Waals surface area contributed by atoms with Gasteiger partial charge in [-0.1, -0.05) is 30.3 Å². The van der Waals surface area contributed by atoms with Gasteiger partial charge in [0.25, 0.3) is 0 Å². The minimum Gasteiger partial charge on any atom is -0.296 e. The molecule has 1 aliphatic heterocycles. The first-order valence-corrected chi connectivity index (χ1v) is 7.56. The SMILES string of the molecule is Cl.FC(F)(F)N1CCN(Cc2cncc(-c3ccccc3)c2)CC1. The number of aromatic nitrogens is 1. The van der Waals surface area contributed by atoms with E-state index in [9.17, 15) is 13.2 Å². The lowest BCUT2D eigenvalue weighted by Gasteiger charge is -2.35. The molecule has 3 nitrogen and oxygen atoms in total. The van der Waals surface area contributed by atoms with Crippen molar-refractivity contribution in [2.45, 2.75) is 12.8 Å². The average molecular weight is 358 g/mol. The summed E-state index contributed by atoms with van der Waals surface area (Å²) in [5, 5.41) is 0. The molecule has 130 valence electrons. The maximum Gasteiger partial charge on any atom is 0.460 e. The van der Waals surface area contributed by atoms with Crippen molar-refractivity contribution < 1.29 is 13.2 Å². The van der Waals surface area contributed by atoms with E-state index in [2.05, 4.69) is 11.1 Å². The van der Waals surface area contributed by atoms with E-state index in [1.807, 2.05) is 35.2 Å². The van der Waals surface area contributed by atoms with Crippen LogP contribution < -0.4 is 0 Å². The molecule has 0 unspecified atom stereocenters. The van der Waals surface area contributed by atoms with Gasteiger partial charge in [-0.25, -0.2) is 4.90 Å². The Hall–Kier alpha value is -1.63. The molecule has 0 N–H and O–H groups in total. The summed E-state index contributed by atoms with van der Waals surface area (Å²) >= 11 is 0. The molecule has 2 heterocycles. The standard InChI is InChI=1S/C17H18F3N3.ClH/c18-17(19,20)23-8-6-22(7-9-23)13-14-10-16(12-21-11-14)15-4-2-1-3-5-15;/h1-5,10-12H,6-9,13H2;1H. The summed E-state index contributed by atoms with van der Waals surface area (Å²) in [6.45, 7) is 1.49. The average Bonchev–Trinajstić information content (AvgIpc) is 2.56. The Balaban J connectivity index is 0.00000208. The van der Waals surface area contributed by atoms with Crippen LogP contribution in [0.25, 0.3) is 11.1 Å². The van der Waals surface area contributed by atoms with Crippen LogP contribution in [0.1, 0.15) is 5.56 Å².